The summed E-state index contributed by atoms with van der Waals surface area (Å²) in [5, 5.41) is 3.69. The van der Waals surface area contributed by atoms with Crippen LogP contribution in [0, 0.1) is 0 Å². The quantitative estimate of drug-likeness (QED) is 0.0564. The molecule has 0 saturated heterocycles. The summed E-state index contributed by atoms with van der Waals surface area (Å²) in [5.41, 5.74) is 32.8. The van der Waals surface area contributed by atoms with Crippen LogP contribution in [0.3, 0.4) is 0 Å². The number of fused-ring (bicyclic) bond motifs is 4. The molecule has 12 aromatic rings. The van der Waals surface area contributed by atoms with Crippen LogP contribution in [0.4, 0.5) is 23.4 Å². The number of anilines is 4. The Morgan fingerprint density at radius 1 is 0.442 bits per heavy atom. The molecule has 0 aliphatic rings. The Kier molecular flexibility index (Phi) is 15.9. The first-order chi connectivity index (χ1) is 37.5. The van der Waals surface area contributed by atoms with Gasteiger partial charge in [-0.25, -0.2) is 44.9 Å². The van der Waals surface area contributed by atoms with Crippen LogP contribution in [0.1, 0.15) is 34.1 Å². The van der Waals surface area contributed by atoms with Crippen molar-refractivity contribution in [3.63, 3.8) is 0 Å². The van der Waals surface area contributed by atoms with Gasteiger partial charge in [-0.3, -0.25) is 0 Å². The summed E-state index contributed by atoms with van der Waals surface area (Å²) in [6, 6.07) is 25.9. The molecule has 77 heavy (non-hydrogen) atoms. The van der Waals surface area contributed by atoms with Gasteiger partial charge in [0.25, 0.3) is 0 Å². The number of nitrogens with one attached hydrogen (secondary N) is 4. The second kappa shape index (κ2) is 23.7. The predicted molar refractivity (Wildman–Crippen MR) is 302 cm³/mol. The third-order valence-corrected chi connectivity index (χ3v) is 11.6. The Bertz CT molecular complexity index is 3920. The maximum Gasteiger partial charge on any atom is 0.220 e. The lowest BCUT2D eigenvalue weighted by Gasteiger charge is -2.11. The average molecular weight is 1030 g/mol. The third-order valence-electron chi connectivity index (χ3n) is 11.6. The van der Waals surface area contributed by atoms with E-state index in [4.69, 9.17) is 41.9 Å². The van der Waals surface area contributed by atoms with Gasteiger partial charge in [0.15, 0.2) is 0 Å². The van der Waals surface area contributed by atoms with E-state index in [1.165, 1.54) is 0 Å². The van der Waals surface area contributed by atoms with E-state index in [-0.39, 0.29) is 12.1 Å². The molecule has 0 aliphatic carbocycles. The molecule has 0 fully saturated rings. The summed E-state index contributed by atoms with van der Waals surface area (Å²) in [4.78, 5) is 50.9. The van der Waals surface area contributed by atoms with Gasteiger partial charge >= 0.3 is 0 Å². The molecule has 390 valence electrons. The van der Waals surface area contributed by atoms with E-state index in [9.17, 15) is 0 Å². The molecule has 21 heteroatoms. The maximum absolute atomic E-state index is 5.86. The van der Waals surface area contributed by atoms with Gasteiger partial charge in [-0.1, -0.05) is 25.1 Å². The van der Waals surface area contributed by atoms with E-state index in [1.54, 1.807) is 56.3 Å². The number of H-pyrrole nitrogens is 4. The number of nitrogen functional groups attached to an aromatic ring is 4. The molecule has 12 rings (SSSR count). The average Bonchev–Trinajstić information content (AvgIpc) is 4.28. The molecule has 0 bridgehead atoms. The number of nitrogens with zero attached hydrogens (tertiary/aromatic N) is 9. The summed E-state index contributed by atoms with van der Waals surface area (Å²) in [5.74, 6) is 4.88. The molecule has 0 radical (unpaired) electrons. The minimum atomic E-state index is 0.0946. The van der Waals surface area contributed by atoms with Crippen molar-refractivity contribution in [2.45, 2.75) is 40.2 Å². The molecule has 12 N–H and O–H groups in total. The van der Waals surface area contributed by atoms with Gasteiger partial charge in [-0.2, -0.15) is 0 Å². The standard InChI is InChI=1S/C15H16N4O.C14H15N5O.C14H14N4O.C13H12N4O/c1-9(2)20-12-6-7-17-15-14(12)10(8-18-15)11-4-3-5-13(16)19-11;1-2-7-20-11-4-6-16-13-12(11)9(8-18-13)10-3-5-17-14(15)19-10;1-2-19-11-6-7-16-14-13(11)9(8-17-14)10-4-3-5-12(15)18-10;1-18-10-5-6-15-13-12(10)8(7-16-13)9-3-2-4-11(14)17-9/h3-9H,1-2H3,(H2,16,19)(H,17,18);3-6,8H,2,7H2,1H3,(H,16,18)(H2,15,17,19);3-8H,2H2,1H3,(H2,15,18)(H,16,17);2-7H,1H3,(H2,14,17)(H,15,16). The lowest BCUT2D eigenvalue weighted by atomic mass is 10.1. The highest BCUT2D eigenvalue weighted by atomic mass is 16.5. The van der Waals surface area contributed by atoms with Gasteiger partial charge in [0.1, 0.15) is 63.0 Å². The van der Waals surface area contributed by atoms with Crippen molar-refractivity contribution in [3.05, 3.63) is 141 Å². The first-order valence-corrected chi connectivity index (χ1v) is 24.6. The Balaban J connectivity index is 0.000000125. The number of hydrogen-bond acceptors (Lipinski definition) is 17. The predicted octanol–water partition coefficient (Wildman–Crippen LogP) is 10.2. The van der Waals surface area contributed by atoms with Crippen molar-refractivity contribution in [3.8, 4) is 68.0 Å². The maximum atomic E-state index is 5.86. The van der Waals surface area contributed by atoms with Gasteiger partial charge in [0.2, 0.25) is 5.95 Å². The number of ether oxygens (including phenoxy) is 4. The molecule has 12 heterocycles. The number of aromatic nitrogens is 13. The Morgan fingerprint density at radius 3 is 1.21 bits per heavy atom. The topological polar surface area (TPSA) is 320 Å². The second-order valence-electron chi connectivity index (χ2n) is 17.2. The highest BCUT2D eigenvalue weighted by Gasteiger charge is 2.17. The van der Waals surface area contributed by atoms with E-state index in [1.807, 2.05) is 112 Å². The minimum Gasteiger partial charge on any atom is -0.496 e. The van der Waals surface area contributed by atoms with Crippen LogP contribution in [0.15, 0.2) is 141 Å². The van der Waals surface area contributed by atoms with Crippen LogP contribution in [0.5, 0.6) is 23.0 Å². The van der Waals surface area contributed by atoms with E-state index >= 15 is 0 Å². The molecule has 0 spiro atoms. The van der Waals surface area contributed by atoms with Gasteiger partial charge in [-0.05, 0) is 93.9 Å². The number of nitrogens with two attached hydrogens (primary N) is 4. The van der Waals surface area contributed by atoms with E-state index in [0.29, 0.717) is 30.7 Å². The number of rotatable bonds is 12. The monoisotopic (exact) mass is 1030 g/mol. The molecular weight excluding hydrogens is 975 g/mol. The molecule has 21 nitrogen and oxygen atoms in total. The molecule has 12 aromatic heterocycles. The highest BCUT2D eigenvalue weighted by Crippen LogP contribution is 2.37. The van der Waals surface area contributed by atoms with Crippen LogP contribution >= 0.6 is 0 Å². The first kappa shape index (κ1) is 51.6. The highest BCUT2D eigenvalue weighted by molar-refractivity contribution is 6.00. The zero-order valence-electron chi connectivity index (χ0n) is 42.9. The summed E-state index contributed by atoms with van der Waals surface area (Å²) in [7, 11) is 1.64. The largest absolute Gasteiger partial charge is 0.496 e. The van der Waals surface area contributed by atoms with Crippen molar-refractivity contribution in [2.24, 2.45) is 0 Å². The Hall–Kier alpha value is -10.3. The van der Waals surface area contributed by atoms with Crippen molar-refractivity contribution in [2.75, 3.05) is 43.3 Å². The molecule has 0 unspecified atom stereocenters. The zero-order valence-corrected chi connectivity index (χ0v) is 42.9. The number of pyridine rings is 7. The van der Waals surface area contributed by atoms with Gasteiger partial charge in [0.05, 0.1) is 70.7 Å². The summed E-state index contributed by atoms with van der Waals surface area (Å²) < 4.78 is 22.7. The van der Waals surface area contributed by atoms with Crippen molar-refractivity contribution in [1.29, 1.82) is 0 Å². The van der Waals surface area contributed by atoms with Crippen molar-refractivity contribution in [1.82, 2.24) is 64.8 Å². The number of aromatic amines is 4. The number of methoxy groups -OCH3 is 1. The summed E-state index contributed by atoms with van der Waals surface area (Å²) in [6.45, 7) is 9.29. The van der Waals surface area contributed by atoms with Gasteiger partial charge in [-0.15, -0.1) is 0 Å². The Labute approximate surface area is 441 Å². The summed E-state index contributed by atoms with van der Waals surface area (Å²) >= 11 is 0. The molecule has 0 aliphatic heterocycles. The minimum absolute atomic E-state index is 0.0946. The molecule has 0 aromatic carbocycles. The van der Waals surface area contributed by atoms with Crippen LogP contribution in [-0.4, -0.2) is 91.2 Å². The van der Waals surface area contributed by atoms with Crippen LogP contribution < -0.4 is 41.9 Å². The van der Waals surface area contributed by atoms with Crippen LogP contribution in [0.2, 0.25) is 0 Å². The number of hydrogen-bond donors (Lipinski definition) is 8. The first-order valence-electron chi connectivity index (χ1n) is 24.6. The van der Waals surface area contributed by atoms with Crippen molar-refractivity contribution >= 4 is 67.5 Å². The van der Waals surface area contributed by atoms with E-state index in [0.717, 1.165) is 119 Å². The van der Waals surface area contributed by atoms with Gasteiger partial charge in [0, 0.05) is 78.0 Å². The molecule has 0 atom stereocenters. The van der Waals surface area contributed by atoms with Crippen LogP contribution in [0.25, 0.3) is 89.2 Å². The fourth-order valence-corrected chi connectivity index (χ4v) is 8.37. The molecular formula is C56H57N17O4. The van der Waals surface area contributed by atoms with E-state index < -0.39 is 0 Å². The smallest absolute Gasteiger partial charge is 0.220 e. The Morgan fingerprint density at radius 2 is 0.818 bits per heavy atom. The van der Waals surface area contributed by atoms with Crippen LogP contribution in [-0.2, 0) is 0 Å². The van der Waals surface area contributed by atoms with Gasteiger partial charge < -0.3 is 61.8 Å². The molecule has 0 saturated carbocycles. The third kappa shape index (κ3) is 11.7. The second-order valence-corrected chi connectivity index (χ2v) is 17.2. The zero-order chi connectivity index (χ0) is 53.8. The molecule has 0 amide bonds. The SMILES string of the molecule is CC(C)Oc1ccnc2[nH]cc(-c3cccc(N)n3)c12.CCCOc1ccnc2[nH]cc(-c3ccnc(N)n3)c12.CCOc1ccnc2[nH]cc(-c3cccc(N)n3)c12.COc1ccnc2[nH]cc(-c3cccc(N)n3)c12. The lowest BCUT2D eigenvalue weighted by Crippen LogP contribution is -2.06. The lowest BCUT2D eigenvalue weighted by molar-refractivity contribution is 0.245. The summed E-state index contributed by atoms with van der Waals surface area (Å²) in [6.07, 6.45) is 17.0. The fourth-order valence-electron chi connectivity index (χ4n) is 8.37. The van der Waals surface area contributed by atoms with E-state index in [2.05, 4.69) is 71.7 Å². The normalized spacial score (nSPS) is 10.9. The van der Waals surface area contributed by atoms with Crippen molar-refractivity contribution < 1.29 is 18.9 Å². The fraction of sp³-hybridized carbons (Fsp3) is 0.161.